The molecule has 0 spiro atoms. The number of aliphatic hydroxyl groups is 1. The second-order valence-electron chi connectivity index (χ2n) is 5.24. The van der Waals surface area contributed by atoms with Crippen LogP contribution in [0.15, 0.2) is 24.3 Å². The van der Waals surface area contributed by atoms with Crippen molar-refractivity contribution in [2.24, 2.45) is 0 Å². The molecule has 4 heteroatoms. The van der Waals surface area contributed by atoms with Gasteiger partial charge in [-0.05, 0) is 38.6 Å². The van der Waals surface area contributed by atoms with Gasteiger partial charge in [0.25, 0.3) is 0 Å². The number of hydrogen-bond donors (Lipinski definition) is 2. The lowest BCUT2D eigenvalue weighted by molar-refractivity contribution is -0.0103. The first-order valence-electron chi connectivity index (χ1n) is 6.92. The highest BCUT2D eigenvalue weighted by Crippen LogP contribution is 2.23. The molecule has 1 aromatic rings. The smallest absolute Gasteiger partial charge is 0.0981 e. The van der Waals surface area contributed by atoms with Crippen LogP contribution in [0.4, 0.5) is 5.69 Å². The number of morpholine rings is 1. The van der Waals surface area contributed by atoms with Gasteiger partial charge in [-0.3, -0.25) is 0 Å². The van der Waals surface area contributed by atoms with E-state index >= 15 is 0 Å². The number of anilines is 1. The molecule has 1 aromatic carbocycles. The number of hydrogen-bond acceptors (Lipinski definition) is 4. The zero-order valence-corrected chi connectivity index (χ0v) is 12.0. The molecule has 0 amide bonds. The van der Waals surface area contributed by atoms with E-state index in [2.05, 4.69) is 48.3 Å². The molecule has 3 unspecified atom stereocenters. The van der Waals surface area contributed by atoms with E-state index < -0.39 is 0 Å². The van der Waals surface area contributed by atoms with Crippen molar-refractivity contribution in [1.82, 2.24) is 5.32 Å². The van der Waals surface area contributed by atoms with Crippen LogP contribution in [0.25, 0.3) is 0 Å². The first-order valence-corrected chi connectivity index (χ1v) is 6.92. The lowest BCUT2D eigenvalue weighted by atomic mass is 10.1. The summed E-state index contributed by atoms with van der Waals surface area (Å²) in [5, 5.41) is 12.5. The predicted molar refractivity (Wildman–Crippen MR) is 77.6 cm³/mol. The monoisotopic (exact) mass is 264 g/mol. The molecule has 1 aliphatic rings. The number of aliphatic hydroxyl groups excluding tert-OH is 1. The predicted octanol–water partition coefficient (Wildman–Crippen LogP) is 1.55. The molecule has 1 heterocycles. The highest BCUT2D eigenvalue weighted by Gasteiger charge is 2.25. The van der Waals surface area contributed by atoms with Gasteiger partial charge < -0.3 is 20.1 Å². The fourth-order valence-electron chi connectivity index (χ4n) is 2.41. The van der Waals surface area contributed by atoms with Crippen LogP contribution in [0.2, 0.25) is 0 Å². The summed E-state index contributed by atoms with van der Waals surface area (Å²) in [6.07, 6.45) is -0.0768. The van der Waals surface area contributed by atoms with Gasteiger partial charge in [0.2, 0.25) is 0 Å². The fourth-order valence-corrected chi connectivity index (χ4v) is 2.41. The Hall–Kier alpha value is -1.10. The van der Waals surface area contributed by atoms with Crippen LogP contribution in [-0.2, 0) is 4.74 Å². The summed E-state index contributed by atoms with van der Waals surface area (Å²) in [6, 6.07) is 9.33. The van der Waals surface area contributed by atoms with Gasteiger partial charge in [-0.15, -0.1) is 0 Å². The van der Waals surface area contributed by atoms with Crippen LogP contribution in [0.3, 0.4) is 0 Å². The van der Waals surface area contributed by atoms with Gasteiger partial charge in [-0.2, -0.15) is 0 Å². The first-order chi connectivity index (χ1) is 9.15. The van der Waals surface area contributed by atoms with E-state index in [0.29, 0.717) is 18.7 Å². The Morgan fingerprint density at radius 3 is 2.68 bits per heavy atom. The van der Waals surface area contributed by atoms with E-state index in [9.17, 15) is 5.11 Å². The highest BCUT2D eigenvalue weighted by molar-refractivity contribution is 5.49. The third-order valence-corrected chi connectivity index (χ3v) is 3.87. The van der Waals surface area contributed by atoms with Crippen LogP contribution in [0.1, 0.15) is 25.5 Å². The summed E-state index contributed by atoms with van der Waals surface area (Å²) >= 11 is 0. The van der Waals surface area contributed by atoms with Crippen molar-refractivity contribution in [1.29, 1.82) is 0 Å². The Morgan fingerprint density at radius 1 is 1.42 bits per heavy atom. The molecule has 19 heavy (non-hydrogen) atoms. The van der Waals surface area contributed by atoms with E-state index in [0.717, 1.165) is 6.54 Å². The molecule has 0 radical (unpaired) electrons. The summed E-state index contributed by atoms with van der Waals surface area (Å²) < 4.78 is 5.57. The van der Waals surface area contributed by atoms with Crippen molar-refractivity contribution in [2.75, 3.05) is 31.7 Å². The zero-order chi connectivity index (χ0) is 13.8. The lowest BCUT2D eigenvalue weighted by Crippen LogP contribution is -2.49. The number of rotatable bonds is 4. The molecule has 106 valence electrons. The molecule has 1 aliphatic heterocycles. The Balaban J connectivity index is 2.11. The van der Waals surface area contributed by atoms with E-state index in [1.807, 2.05) is 7.05 Å². The van der Waals surface area contributed by atoms with Crippen LogP contribution >= 0.6 is 0 Å². The quantitative estimate of drug-likeness (QED) is 0.866. The second-order valence-corrected chi connectivity index (χ2v) is 5.24. The van der Waals surface area contributed by atoms with Gasteiger partial charge in [0.15, 0.2) is 0 Å². The topological polar surface area (TPSA) is 44.7 Å². The molecule has 1 saturated heterocycles. The van der Waals surface area contributed by atoms with E-state index in [-0.39, 0.29) is 12.7 Å². The van der Waals surface area contributed by atoms with Crippen molar-refractivity contribution in [2.45, 2.75) is 32.0 Å². The number of ether oxygens (including phenoxy) is 1. The average Bonchev–Trinajstić information content (AvgIpc) is 2.47. The molecule has 3 atom stereocenters. The van der Waals surface area contributed by atoms with Crippen molar-refractivity contribution in [3.05, 3.63) is 29.8 Å². The minimum absolute atomic E-state index is 0.0768. The van der Waals surface area contributed by atoms with Gasteiger partial charge in [0.1, 0.15) is 0 Å². The van der Waals surface area contributed by atoms with Gasteiger partial charge in [-0.25, -0.2) is 0 Å². The summed E-state index contributed by atoms with van der Waals surface area (Å²) in [4.78, 5) is 2.30. The number of nitrogens with one attached hydrogen (secondary N) is 1. The van der Waals surface area contributed by atoms with Crippen LogP contribution in [0.5, 0.6) is 0 Å². The van der Waals surface area contributed by atoms with Gasteiger partial charge in [-0.1, -0.05) is 12.1 Å². The van der Waals surface area contributed by atoms with Crippen LogP contribution in [0, 0.1) is 0 Å². The van der Waals surface area contributed by atoms with E-state index in [1.165, 1.54) is 11.3 Å². The summed E-state index contributed by atoms with van der Waals surface area (Å²) in [5.41, 5.74) is 2.48. The van der Waals surface area contributed by atoms with Crippen molar-refractivity contribution >= 4 is 5.69 Å². The summed E-state index contributed by atoms with van der Waals surface area (Å²) in [5.74, 6) is 0. The zero-order valence-electron chi connectivity index (χ0n) is 12.0. The molecule has 0 aliphatic carbocycles. The molecule has 2 rings (SSSR count). The summed E-state index contributed by atoms with van der Waals surface area (Å²) in [7, 11) is 1.97. The molecular formula is C15H24N2O2. The molecule has 0 aromatic heterocycles. The highest BCUT2D eigenvalue weighted by atomic mass is 16.5. The minimum atomic E-state index is -0.0768. The fraction of sp³-hybridized carbons (Fsp3) is 0.600. The van der Waals surface area contributed by atoms with Gasteiger partial charge >= 0.3 is 0 Å². The van der Waals surface area contributed by atoms with Crippen molar-refractivity contribution < 1.29 is 9.84 Å². The largest absolute Gasteiger partial charge is 0.394 e. The van der Waals surface area contributed by atoms with Crippen LogP contribution in [-0.4, -0.2) is 44.1 Å². The number of benzene rings is 1. The molecule has 0 bridgehead atoms. The maximum Gasteiger partial charge on any atom is 0.0981 e. The van der Waals surface area contributed by atoms with E-state index in [4.69, 9.17) is 4.74 Å². The Kier molecular flexibility index (Phi) is 4.80. The standard InChI is InChI=1S/C15H24N2O2/c1-11-10-19-15(9-18)8-17(11)14-6-4-13(5-7-14)12(2)16-3/h4-7,11-12,15-16,18H,8-10H2,1-3H3. The molecule has 0 saturated carbocycles. The molecule has 1 fully saturated rings. The Labute approximate surface area is 115 Å². The van der Waals surface area contributed by atoms with Crippen molar-refractivity contribution in [3.63, 3.8) is 0 Å². The molecule has 2 N–H and O–H groups in total. The maximum absolute atomic E-state index is 9.23. The lowest BCUT2D eigenvalue weighted by Gasteiger charge is -2.39. The summed E-state index contributed by atoms with van der Waals surface area (Å²) in [6.45, 7) is 5.79. The maximum atomic E-state index is 9.23. The first kappa shape index (κ1) is 14.3. The van der Waals surface area contributed by atoms with Gasteiger partial charge in [0, 0.05) is 24.3 Å². The van der Waals surface area contributed by atoms with Crippen molar-refractivity contribution in [3.8, 4) is 0 Å². The third kappa shape index (κ3) is 3.26. The second kappa shape index (κ2) is 6.37. The minimum Gasteiger partial charge on any atom is -0.394 e. The molecule has 4 nitrogen and oxygen atoms in total. The Bertz CT molecular complexity index is 394. The van der Waals surface area contributed by atoms with E-state index in [1.54, 1.807) is 0 Å². The molecular weight excluding hydrogens is 240 g/mol. The normalized spacial score (nSPS) is 25.4. The van der Waals surface area contributed by atoms with Gasteiger partial charge in [0.05, 0.1) is 19.3 Å². The number of nitrogens with zero attached hydrogens (tertiary/aromatic N) is 1. The SMILES string of the molecule is CNC(C)c1ccc(N2CC(CO)OCC2C)cc1. The van der Waals surface area contributed by atoms with Crippen LogP contribution < -0.4 is 10.2 Å². The average molecular weight is 264 g/mol. The Morgan fingerprint density at radius 2 is 2.11 bits per heavy atom. The third-order valence-electron chi connectivity index (χ3n) is 3.87.